The van der Waals surface area contributed by atoms with Crippen LogP contribution in [0.2, 0.25) is 0 Å². The summed E-state index contributed by atoms with van der Waals surface area (Å²) in [6, 6.07) is 9.85. The zero-order chi connectivity index (χ0) is 14.7. The number of benzene rings is 1. The van der Waals surface area contributed by atoms with Crippen LogP contribution in [0, 0.1) is 5.92 Å². The maximum atomic E-state index is 12.4. The van der Waals surface area contributed by atoms with Crippen LogP contribution in [-0.4, -0.2) is 22.6 Å². The number of hydrogen-bond donors (Lipinski definition) is 0. The minimum absolute atomic E-state index is 0.0262. The first kappa shape index (κ1) is 14.8. The van der Waals surface area contributed by atoms with Gasteiger partial charge in [0.05, 0.1) is 12.1 Å². The fraction of sp³-hybridized carbons (Fsp3) is 0.529. The highest BCUT2D eigenvalue weighted by molar-refractivity contribution is 5.91. The van der Waals surface area contributed by atoms with E-state index in [0.717, 1.165) is 18.4 Å². The highest BCUT2D eigenvalue weighted by Crippen LogP contribution is 2.37. The Kier molecular flexibility index (Phi) is 4.58. The van der Waals surface area contributed by atoms with Gasteiger partial charge in [-0.15, -0.1) is 0 Å². The molecule has 1 aliphatic rings. The lowest BCUT2D eigenvalue weighted by Crippen LogP contribution is -2.43. The van der Waals surface area contributed by atoms with Gasteiger partial charge in [0.2, 0.25) is 5.91 Å². The molecule has 1 heterocycles. The predicted octanol–water partition coefficient (Wildman–Crippen LogP) is 3.35. The average Bonchev–Trinajstić information content (AvgIpc) is 2.91. The average molecular weight is 273 g/mol. The third-order valence-electron chi connectivity index (χ3n) is 4.06. The van der Waals surface area contributed by atoms with E-state index in [9.17, 15) is 9.59 Å². The summed E-state index contributed by atoms with van der Waals surface area (Å²) in [5, 5.41) is 0. The van der Waals surface area contributed by atoms with Crippen molar-refractivity contribution in [2.45, 2.75) is 52.1 Å². The predicted molar refractivity (Wildman–Crippen MR) is 79.2 cm³/mol. The molecule has 2 atom stereocenters. The summed E-state index contributed by atoms with van der Waals surface area (Å²) in [6.07, 6.45) is 2.10. The first-order valence-corrected chi connectivity index (χ1v) is 7.46. The summed E-state index contributed by atoms with van der Waals surface area (Å²) in [7, 11) is 0. The molecule has 0 aromatic heterocycles. The van der Waals surface area contributed by atoms with Gasteiger partial charge in [-0.3, -0.25) is 9.59 Å². The molecule has 1 amide bonds. The van der Waals surface area contributed by atoms with E-state index in [1.54, 1.807) is 0 Å². The Morgan fingerprint density at radius 1 is 1.20 bits per heavy atom. The Hall–Kier alpha value is -1.64. The maximum absolute atomic E-state index is 12.4. The highest BCUT2D eigenvalue weighted by Gasteiger charge is 2.41. The quantitative estimate of drug-likeness (QED) is 0.843. The van der Waals surface area contributed by atoms with Gasteiger partial charge in [-0.2, -0.15) is 0 Å². The van der Waals surface area contributed by atoms with Crippen LogP contribution in [-0.2, 0) is 9.59 Å². The summed E-state index contributed by atoms with van der Waals surface area (Å²) in [5.74, 6) is 0.238. The Morgan fingerprint density at radius 2 is 1.85 bits per heavy atom. The van der Waals surface area contributed by atoms with Crippen LogP contribution < -0.4 is 0 Å². The number of carbonyl (C=O) groups is 2. The number of Topliss-reactive ketones (excluding diaryl/α,β-unsaturated/α-hetero) is 1. The van der Waals surface area contributed by atoms with Crippen LogP contribution in [0.3, 0.4) is 0 Å². The Bertz CT molecular complexity index is 481. The molecule has 2 rings (SSSR count). The van der Waals surface area contributed by atoms with Gasteiger partial charge in [-0.1, -0.05) is 51.1 Å². The van der Waals surface area contributed by atoms with Gasteiger partial charge in [-0.25, -0.2) is 0 Å². The number of nitrogens with zero attached hydrogens (tertiary/aromatic N) is 1. The van der Waals surface area contributed by atoms with Crippen LogP contribution >= 0.6 is 0 Å². The number of rotatable bonds is 4. The van der Waals surface area contributed by atoms with E-state index in [0.29, 0.717) is 6.42 Å². The van der Waals surface area contributed by atoms with Crippen molar-refractivity contribution in [3.05, 3.63) is 35.9 Å². The van der Waals surface area contributed by atoms with Gasteiger partial charge >= 0.3 is 0 Å². The van der Waals surface area contributed by atoms with Gasteiger partial charge < -0.3 is 4.90 Å². The second kappa shape index (κ2) is 6.21. The monoisotopic (exact) mass is 273 g/mol. The van der Waals surface area contributed by atoms with Crippen molar-refractivity contribution in [1.29, 1.82) is 0 Å². The molecule has 3 heteroatoms. The molecule has 0 bridgehead atoms. The molecular weight excluding hydrogens is 250 g/mol. The van der Waals surface area contributed by atoms with E-state index >= 15 is 0 Å². The van der Waals surface area contributed by atoms with Crippen molar-refractivity contribution in [3.63, 3.8) is 0 Å². The SMILES string of the molecule is CCC(=O)N1C(C(=O)C(C)C)CCC1c1ccccc1. The number of amides is 1. The summed E-state index contributed by atoms with van der Waals surface area (Å²) in [6.45, 7) is 5.68. The van der Waals surface area contributed by atoms with Crippen LogP contribution in [0.25, 0.3) is 0 Å². The van der Waals surface area contributed by atoms with Crippen LogP contribution in [0.4, 0.5) is 0 Å². The number of hydrogen-bond acceptors (Lipinski definition) is 2. The van der Waals surface area contributed by atoms with Crippen LogP contribution in [0.15, 0.2) is 30.3 Å². The van der Waals surface area contributed by atoms with Crippen molar-refractivity contribution in [2.75, 3.05) is 0 Å². The minimum Gasteiger partial charge on any atom is -0.326 e. The van der Waals surface area contributed by atoms with E-state index < -0.39 is 0 Å². The molecule has 2 unspecified atom stereocenters. The second-order valence-corrected chi connectivity index (χ2v) is 5.73. The lowest BCUT2D eigenvalue weighted by molar-refractivity contribution is -0.140. The fourth-order valence-corrected chi connectivity index (χ4v) is 3.01. The maximum Gasteiger partial charge on any atom is 0.223 e. The molecule has 3 nitrogen and oxygen atoms in total. The van der Waals surface area contributed by atoms with E-state index in [1.165, 1.54) is 0 Å². The normalized spacial score (nSPS) is 22.3. The van der Waals surface area contributed by atoms with Gasteiger partial charge in [-0.05, 0) is 18.4 Å². The van der Waals surface area contributed by atoms with Crippen LogP contribution in [0.5, 0.6) is 0 Å². The zero-order valence-electron chi connectivity index (χ0n) is 12.5. The van der Waals surface area contributed by atoms with Gasteiger partial charge in [0, 0.05) is 12.3 Å². The summed E-state index contributed by atoms with van der Waals surface area (Å²) < 4.78 is 0. The van der Waals surface area contributed by atoms with Gasteiger partial charge in [0.1, 0.15) is 0 Å². The minimum atomic E-state index is -0.243. The molecule has 1 aliphatic heterocycles. The highest BCUT2D eigenvalue weighted by atomic mass is 16.2. The van der Waals surface area contributed by atoms with Gasteiger partial charge in [0.15, 0.2) is 5.78 Å². The fourth-order valence-electron chi connectivity index (χ4n) is 3.01. The molecule has 108 valence electrons. The smallest absolute Gasteiger partial charge is 0.223 e. The molecular formula is C17H23NO2. The topological polar surface area (TPSA) is 37.4 Å². The van der Waals surface area contributed by atoms with Crippen molar-refractivity contribution in [2.24, 2.45) is 5.92 Å². The van der Waals surface area contributed by atoms with Crippen molar-refractivity contribution < 1.29 is 9.59 Å². The number of ketones is 1. The Morgan fingerprint density at radius 3 is 2.40 bits per heavy atom. The second-order valence-electron chi connectivity index (χ2n) is 5.73. The summed E-state index contributed by atoms with van der Waals surface area (Å²) >= 11 is 0. The number of likely N-dealkylation sites (tertiary alicyclic amines) is 1. The molecule has 1 fully saturated rings. The van der Waals surface area contributed by atoms with Gasteiger partial charge in [0.25, 0.3) is 0 Å². The summed E-state index contributed by atoms with van der Waals surface area (Å²) in [4.78, 5) is 26.5. The molecule has 0 aliphatic carbocycles. The van der Waals surface area contributed by atoms with E-state index in [-0.39, 0.29) is 29.7 Å². The first-order valence-electron chi connectivity index (χ1n) is 7.46. The lowest BCUT2D eigenvalue weighted by Gasteiger charge is -2.30. The van der Waals surface area contributed by atoms with E-state index in [1.807, 2.05) is 56.0 Å². The van der Waals surface area contributed by atoms with E-state index in [4.69, 9.17) is 0 Å². The Labute approximate surface area is 121 Å². The third-order valence-corrected chi connectivity index (χ3v) is 4.06. The van der Waals surface area contributed by atoms with E-state index in [2.05, 4.69) is 0 Å². The third kappa shape index (κ3) is 2.77. The van der Waals surface area contributed by atoms with Crippen molar-refractivity contribution in [3.8, 4) is 0 Å². The molecule has 20 heavy (non-hydrogen) atoms. The zero-order valence-corrected chi connectivity index (χ0v) is 12.5. The molecule has 0 saturated carbocycles. The summed E-state index contributed by atoms with van der Waals surface area (Å²) in [5.41, 5.74) is 1.13. The molecule has 1 aromatic rings. The van der Waals surface area contributed by atoms with Crippen molar-refractivity contribution in [1.82, 2.24) is 4.90 Å². The molecule has 0 N–H and O–H groups in total. The molecule has 1 saturated heterocycles. The van der Waals surface area contributed by atoms with Crippen LogP contribution in [0.1, 0.15) is 51.6 Å². The lowest BCUT2D eigenvalue weighted by atomic mass is 10.00. The molecule has 1 aromatic carbocycles. The van der Waals surface area contributed by atoms with Crippen molar-refractivity contribution >= 4 is 11.7 Å². The first-order chi connectivity index (χ1) is 9.56. The Balaban J connectivity index is 2.30. The molecule has 0 radical (unpaired) electrons. The largest absolute Gasteiger partial charge is 0.326 e. The standard InChI is InChI=1S/C17H23NO2/c1-4-16(19)18-14(13-8-6-5-7-9-13)10-11-15(18)17(20)12(2)3/h5-9,12,14-15H,4,10-11H2,1-3H3. The number of carbonyl (C=O) groups excluding carboxylic acids is 2. The molecule has 0 spiro atoms.